The fourth-order valence-corrected chi connectivity index (χ4v) is 3.06. The van der Waals surface area contributed by atoms with Crippen LogP contribution < -0.4 is 0 Å². The number of carbonyl (C=O) groups excluding carboxylic acids is 2. The lowest BCUT2D eigenvalue weighted by Crippen LogP contribution is -2.52. The lowest BCUT2D eigenvalue weighted by atomic mass is 9.86. The number of rotatable bonds is 3. The Hall–Kier alpha value is -2.84. The van der Waals surface area contributed by atoms with Gasteiger partial charge in [-0.15, -0.1) is 0 Å². The Morgan fingerprint density at radius 3 is 2.20 bits per heavy atom. The van der Waals surface area contributed by atoms with Crippen molar-refractivity contribution in [2.45, 2.75) is 33.5 Å². The van der Waals surface area contributed by atoms with Crippen molar-refractivity contribution in [1.82, 2.24) is 0 Å². The van der Waals surface area contributed by atoms with Crippen molar-refractivity contribution >= 4 is 46.9 Å². The number of halogens is 2. The number of nitro benzene ring substituents is 1. The van der Waals surface area contributed by atoms with Crippen molar-refractivity contribution in [3.05, 3.63) is 55.8 Å². The van der Waals surface area contributed by atoms with Gasteiger partial charge in [0.25, 0.3) is 11.5 Å². The molecule has 0 N–H and O–H groups in total. The minimum Gasteiger partial charge on any atom is -0.457 e. The summed E-state index contributed by atoms with van der Waals surface area (Å²) in [6.45, 7) is 6.85. The first-order valence-corrected chi connectivity index (χ1v) is 9.50. The van der Waals surface area contributed by atoms with Crippen LogP contribution in [0.5, 0.6) is 0 Å². The Morgan fingerprint density at radius 2 is 1.67 bits per heavy atom. The second-order valence-corrected chi connectivity index (χ2v) is 8.59. The second kappa shape index (κ2) is 7.45. The van der Waals surface area contributed by atoms with Crippen LogP contribution >= 0.6 is 23.2 Å². The highest BCUT2D eigenvalue weighted by atomic mass is 35.5. The summed E-state index contributed by atoms with van der Waals surface area (Å²) in [5, 5.41) is 10.9. The number of carbonyl (C=O) groups is 2. The van der Waals surface area contributed by atoms with Gasteiger partial charge in [-0.1, -0.05) is 44.0 Å². The molecule has 1 aliphatic heterocycles. The molecule has 1 fully saturated rings. The number of benzene rings is 1. The van der Waals surface area contributed by atoms with Crippen LogP contribution in [-0.4, -0.2) is 22.6 Å². The van der Waals surface area contributed by atoms with Gasteiger partial charge in [0.2, 0.25) is 0 Å². The van der Waals surface area contributed by atoms with E-state index in [0.717, 1.165) is 6.07 Å². The van der Waals surface area contributed by atoms with Gasteiger partial charge < -0.3 is 13.9 Å². The molecule has 1 aromatic carbocycles. The molecular formula is C20H17Cl2NO7. The molecule has 30 heavy (non-hydrogen) atoms. The highest BCUT2D eigenvalue weighted by Crippen LogP contribution is 2.40. The second-order valence-electron chi connectivity index (χ2n) is 7.78. The molecular weight excluding hydrogens is 437 g/mol. The van der Waals surface area contributed by atoms with Crippen molar-refractivity contribution in [2.24, 2.45) is 5.41 Å². The van der Waals surface area contributed by atoms with E-state index in [0.29, 0.717) is 5.56 Å². The zero-order valence-electron chi connectivity index (χ0n) is 16.4. The minimum absolute atomic E-state index is 0.0529. The summed E-state index contributed by atoms with van der Waals surface area (Å²) >= 11 is 12.0. The minimum atomic E-state index is -1.41. The van der Waals surface area contributed by atoms with E-state index in [2.05, 4.69) is 0 Å². The topological polar surface area (TPSA) is 109 Å². The summed E-state index contributed by atoms with van der Waals surface area (Å²) in [4.78, 5) is 35.1. The molecule has 0 radical (unpaired) electrons. The predicted molar refractivity (Wildman–Crippen MR) is 109 cm³/mol. The fourth-order valence-electron chi connectivity index (χ4n) is 2.57. The van der Waals surface area contributed by atoms with E-state index < -0.39 is 28.1 Å². The summed E-state index contributed by atoms with van der Waals surface area (Å²) in [6.07, 6.45) is 1.19. The molecule has 1 aliphatic rings. The molecule has 0 spiro atoms. The third-order valence-corrected chi connectivity index (χ3v) is 5.40. The Labute approximate surface area is 181 Å². The van der Waals surface area contributed by atoms with Crippen LogP contribution in [0.1, 0.15) is 33.5 Å². The van der Waals surface area contributed by atoms with Crippen molar-refractivity contribution < 1.29 is 28.4 Å². The molecule has 1 aromatic heterocycles. The van der Waals surface area contributed by atoms with E-state index in [4.69, 9.17) is 37.1 Å². The summed E-state index contributed by atoms with van der Waals surface area (Å²) in [6, 6.07) is 5.43. The highest BCUT2D eigenvalue weighted by molar-refractivity contribution is 6.36. The molecule has 3 rings (SSSR count). The number of nitro groups is 1. The van der Waals surface area contributed by atoms with Gasteiger partial charge in [-0.2, -0.15) is 0 Å². The first-order chi connectivity index (χ1) is 13.8. The number of esters is 2. The molecule has 0 amide bonds. The number of hydrogen-bond acceptors (Lipinski definition) is 7. The van der Waals surface area contributed by atoms with E-state index >= 15 is 0 Å². The van der Waals surface area contributed by atoms with Crippen LogP contribution in [0.3, 0.4) is 0 Å². The van der Waals surface area contributed by atoms with Crippen LogP contribution in [0.4, 0.5) is 5.69 Å². The zero-order valence-corrected chi connectivity index (χ0v) is 18.0. The Morgan fingerprint density at radius 1 is 1.07 bits per heavy atom. The van der Waals surface area contributed by atoms with E-state index in [1.165, 1.54) is 31.2 Å². The SMILES string of the molecule is CC(C)(C)C1(C)OC(=O)C(=Cc2ccc(-c3cc(Cl)c([N+](=O)[O-])cc3Cl)o2)C(=O)O1. The predicted octanol–water partition coefficient (Wildman–Crippen LogP) is 5.41. The quantitative estimate of drug-likeness (QED) is 0.201. The average Bonchev–Trinajstić information content (AvgIpc) is 3.07. The van der Waals surface area contributed by atoms with E-state index in [1.807, 2.05) is 0 Å². The molecule has 2 aromatic rings. The van der Waals surface area contributed by atoms with Crippen LogP contribution in [-0.2, 0) is 19.1 Å². The lowest BCUT2D eigenvalue weighted by molar-refractivity contribution is -0.384. The number of hydrogen-bond donors (Lipinski definition) is 0. The average molecular weight is 454 g/mol. The Kier molecular flexibility index (Phi) is 5.43. The smallest absolute Gasteiger partial charge is 0.349 e. The van der Waals surface area contributed by atoms with E-state index in [9.17, 15) is 19.7 Å². The zero-order chi connectivity index (χ0) is 22.4. The molecule has 158 valence electrons. The molecule has 0 bridgehead atoms. The van der Waals surface area contributed by atoms with Crippen LogP contribution in [0.25, 0.3) is 17.4 Å². The summed E-state index contributed by atoms with van der Waals surface area (Å²) < 4.78 is 16.3. The maximum absolute atomic E-state index is 12.4. The molecule has 8 nitrogen and oxygen atoms in total. The van der Waals surface area contributed by atoms with Crippen molar-refractivity contribution in [3.63, 3.8) is 0 Å². The molecule has 0 atom stereocenters. The van der Waals surface area contributed by atoms with Gasteiger partial charge >= 0.3 is 11.9 Å². The highest BCUT2D eigenvalue weighted by Gasteiger charge is 2.50. The monoisotopic (exact) mass is 453 g/mol. The van der Waals surface area contributed by atoms with Crippen LogP contribution in [0.15, 0.2) is 34.3 Å². The van der Waals surface area contributed by atoms with Gasteiger partial charge in [0.15, 0.2) is 0 Å². The standard InChI is InChI=1S/C20H17Cl2NO7/c1-19(2,3)20(4)29-17(24)12(18(25)30-20)7-10-5-6-16(28-10)11-8-14(22)15(23(26)27)9-13(11)21/h5-9H,1-4H3. The van der Waals surface area contributed by atoms with Crippen molar-refractivity contribution in [3.8, 4) is 11.3 Å². The van der Waals surface area contributed by atoms with Gasteiger partial charge in [0.1, 0.15) is 22.1 Å². The Balaban J connectivity index is 1.92. The largest absolute Gasteiger partial charge is 0.457 e. The van der Waals surface area contributed by atoms with E-state index in [-0.39, 0.29) is 32.8 Å². The maximum Gasteiger partial charge on any atom is 0.349 e. The molecule has 0 unspecified atom stereocenters. The summed E-state index contributed by atoms with van der Waals surface area (Å²) in [5.41, 5.74) is -0.987. The molecule has 2 heterocycles. The first kappa shape index (κ1) is 21.9. The number of nitrogens with zero attached hydrogens (tertiary/aromatic N) is 1. The molecule has 0 aliphatic carbocycles. The van der Waals surface area contributed by atoms with Gasteiger partial charge in [0.05, 0.1) is 9.95 Å². The van der Waals surface area contributed by atoms with Gasteiger partial charge in [-0.05, 0) is 18.2 Å². The van der Waals surface area contributed by atoms with Gasteiger partial charge in [-0.25, -0.2) is 9.59 Å². The number of cyclic esters (lactones) is 2. The number of furan rings is 1. The molecule has 0 saturated carbocycles. The van der Waals surface area contributed by atoms with Crippen LogP contribution in [0, 0.1) is 15.5 Å². The summed E-state index contributed by atoms with van der Waals surface area (Å²) in [7, 11) is 0. The van der Waals surface area contributed by atoms with E-state index in [1.54, 1.807) is 20.8 Å². The summed E-state index contributed by atoms with van der Waals surface area (Å²) in [5.74, 6) is -2.69. The number of ether oxygens (including phenoxy) is 2. The van der Waals surface area contributed by atoms with Crippen molar-refractivity contribution in [1.29, 1.82) is 0 Å². The molecule has 10 heteroatoms. The fraction of sp³-hybridized carbons (Fsp3) is 0.300. The normalized spacial score (nSPS) is 19.3. The Bertz CT molecular complexity index is 1080. The van der Waals surface area contributed by atoms with Gasteiger partial charge in [-0.3, -0.25) is 10.1 Å². The van der Waals surface area contributed by atoms with Gasteiger partial charge in [0, 0.05) is 30.0 Å². The first-order valence-electron chi connectivity index (χ1n) is 8.74. The van der Waals surface area contributed by atoms with Crippen molar-refractivity contribution in [2.75, 3.05) is 0 Å². The maximum atomic E-state index is 12.4. The molecule has 1 saturated heterocycles. The third kappa shape index (κ3) is 3.93. The third-order valence-electron chi connectivity index (χ3n) is 4.79. The lowest BCUT2D eigenvalue weighted by Gasteiger charge is -2.42. The van der Waals surface area contributed by atoms with Crippen LogP contribution in [0.2, 0.25) is 10.0 Å².